The van der Waals surface area contributed by atoms with Crippen molar-refractivity contribution < 1.29 is 9.90 Å². The monoisotopic (exact) mass is 236 g/mol. The summed E-state index contributed by atoms with van der Waals surface area (Å²) in [7, 11) is 0. The zero-order valence-corrected chi connectivity index (χ0v) is 10.6. The molecule has 1 aromatic heterocycles. The lowest BCUT2D eigenvalue weighted by Gasteiger charge is -2.22. The van der Waals surface area contributed by atoms with E-state index in [-0.39, 0.29) is 23.4 Å². The summed E-state index contributed by atoms with van der Waals surface area (Å²) in [4.78, 5) is 15.8. The molecule has 1 rings (SSSR count). The molecule has 0 fully saturated rings. The third kappa shape index (κ3) is 3.44. The molecule has 17 heavy (non-hydrogen) atoms. The van der Waals surface area contributed by atoms with E-state index in [1.54, 1.807) is 6.07 Å². The second-order valence-electron chi connectivity index (χ2n) is 4.21. The molecule has 0 bridgehead atoms. The van der Waals surface area contributed by atoms with Crippen molar-refractivity contribution >= 4 is 5.91 Å². The molecule has 1 atom stereocenters. The third-order valence-corrected chi connectivity index (χ3v) is 3.12. The van der Waals surface area contributed by atoms with E-state index in [0.29, 0.717) is 5.92 Å². The molecular formula is C13H20N2O2. The number of amides is 1. The van der Waals surface area contributed by atoms with Crippen LogP contribution in [0.3, 0.4) is 0 Å². The van der Waals surface area contributed by atoms with Crippen LogP contribution in [0.25, 0.3) is 0 Å². The summed E-state index contributed by atoms with van der Waals surface area (Å²) in [5.41, 5.74) is 0.0882. The zero-order chi connectivity index (χ0) is 12.8. The van der Waals surface area contributed by atoms with E-state index in [0.717, 1.165) is 12.8 Å². The van der Waals surface area contributed by atoms with E-state index in [4.69, 9.17) is 0 Å². The highest BCUT2D eigenvalue weighted by Gasteiger charge is 2.19. The predicted molar refractivity (Wildman–Crippen MR) is 66.9 cm³/mol. The average molecular weight is 236 g/mol. The number of carbonyl (C=O) groups is 1. The molecular weight excluding hydrogens is 216 g/mol. The van der Waals surface area contributed by atoms with Gasteiger partial charge in [-0.1, -0.05) is 26.7 Å². The summed E-state index contributed by atoms with van der Waals surface area (Å²) >= 11 is 0. The topological polar surface area (TPSA) is 62.2 Å². The van der Waals surface area contributed by atoms with Crippen molar-refractivity contribution in [3.05, 3.63) is 24.0 Å². The first kappa shape index (κ1) is 13.5. The number of rotatable bonds is 5. The molecule has 0 aliphatic heterocycles. The average Bonchev–Trinajstić information content (AvgIpc) is 2.31. The van der Waals surface area contributed by atoms with Crippen LogP contribution in [0.4, 0.5) is 0 Å². The Morgan fingerprint density at radius 1 is 1.47 bits per heavy atom. The number of carbonyl (C=O) groups excluding carboxylic acids is 1. The van der Waals surface area contributed by atoms with Crippen LogP contribution >= 0.6 is 0 Å². The van der Waals surface area contributed by atoms with Gasteiger partial charge in [0.05, 0.1) is 0 Å². The number of nitrogens with zero attached hydrogens (tertiary/aromatic N) is 1. The maximum atomic E-state index is 11.9. The number of aromatic hydroxyl groups is 1. The summed E-state index contributed by atoms with van der Waals surface area (Å²) in [6.45, 7) is 6.19. The van der Waals surface area contributed by atoms with Gasteiger partial charge < -0.3 is 10.4 Å². The Kier molecular flexibility index (Phi) is 4.94. The number of nitrogens with one attached hydrogen (secondary N) is 1. The first-order valence-corrected chi connectivity index (χ1v) is 6.04. The lowest BCUT2D eigenvalue weighted by atomic mass is 9.95. The zero-order valence-electron chi connectivity index (χ0n) is 10.6. The molecule has 1 heterocycles. The van der Waals surface area contributed by atoms with Crippen LogP contribution in [-0.2, 0) is 0 Å². The largest absolute Gasteiger partial charge is 0.505 e. The van der Waals surface area contributed by atoms with E-state index < -0.39 is 0 Å². The molecule has 4 heteroatoms. The molecule has 1 unspecified atom stereocenters. The minimum absolute atomic E-state index is 0.0817. The first-order valence-electron chi connectivity index (χ1n) is 6.04. The van der Waals surface area contributed by atoms with Crippen LogP contribution in [-0.4, -0.2) is 22.0 Å². The van der Waals surface area contributed by atoms with Crippen LogP contribution in [0.5, 0.6) is 5.75 Å². The van der Waals surface area contributed by atoms with Crippen molar-refractivity contribution in [1.82, 2.24) is 10.3 Å². The fourth-order valence-corrected chi connectivity index (χ4v) is 1.96. The van der Waals surface area contributed by atoms with E-state index in [1.165, 1.54) is 12.3 Å². The Balaban J connectivity index is 2.70. The minimum atomic E-state index is -0.317. The van der Waals surface area contributed by atoms with Gasteiger partial charge in [-0.3, -0.25) is 4.79 Å². The summed E-state index contributed by atoms with van der Waals surface area (Å²) in [5.74, 6) is 0.0500. The van der Waals surface area contributed by atoms with Gasteiger partial charge in [0.15, 0.2) is 5.69 Å². The number of aromatic nitrogens is 1. The standard InChI is InChI=1S/C13H20N2O2/c1-4-10(5-2)9(3)15-13(17)12-11(16)7-6-8-14-12/h6-10,16H,4-5H2,1-3H3,(H,15,17). The number of pyridine rings is 1. The molecule has 0 aromatic carbocycles. The summed E-state index contributed by atoms with van der Waals surface area (Å²) < 4.78 is 0. The summed E-state index contributed by atoms with van der Waals surface area (Å²) in [5, 5.41) is 12.4. The maximum absolute atomic E-state index is 11.9. The van der Waals surface area contributed by atoms with Gasteiger partial charge in [-0.15, -0.1) is 0 Å². The molecule has 1 amide bonds. The highest BCUT2D eigenvalue weighted by atomic mass is 16.3. The minimum Gasteiger partial charge on any atom is -0.505 e. The van der Waals surface area contributed by atoms with Gasteiger partial charge in [-0.2, -0.15) is 0 Å². The van der Waals surface area contributed by atoms with Crippen molar-refractivity contribution in [2.75, 3.05) is 0 Å². The highest BCUT2D eigenvalue weighted by molar-refractivity contribution is 5.94. The predicted octanol–water partition coefficient (Wildman–Crippen LogP) is 2.34. The van der Waals surface area contributed by atoms with Gasteiger partial charge in [-0.25, -0.2) is 4.98 Å². The molecule has 0 saturated carbocycles. The fourth-order valence-electron chi connectivity index (χ4n) is 1.96. The van der Waals surface area contributed by atoms with E-state index in [2.05, 4.69) is 24.1 Å². The maximum Gasteiger partial charge on any atom is 0.273 e. The van der Waals surface area contributed by atoms with Gasteiger partial charge in [0.2, 0.25) is 0 Å². The second kappa shape index (κ2) is 6.23. The Hall–Kier alpha value is -1.58. The lowest BCUT2D eigenvalue weighted by molar-refractivity contribution is 0.0917. The van der Waals surface area contributed by atoms with Gasteiger partial charge in [0, 0.05) is 12.2 Å². The normalized spacial score (nSPS) is 12.5. The van der Waals surface area contributed by atoms with E-state index in [9.17, 15) is 9.90 Å². The summed E-state index contributed by atoms with van der Waals surface area (Å²) in [6, 6.07) is 3.14. The Bertz CT molecular complexity index is 375. The van der Waals surface area contributed by atoms with Crippen LogP contribution in [0.1, 0.15) is 44.1 Å². The molecule has 4 nitrogen and oxygen atoms in total. The SMILES string of the molecule is CCC(CC)C(C)NC(=O)c1ncccc1O. The molecule has 2 N–H and O–H groups in total. The summed E-state index contributed by atoms with van der Waals surface area (Å²) in [6.07, 6.45) is 3.54. The molecule has 0 spiro atoms. The number of hydrogen-bond donors (Lipinski definition) is 2. The Labute approximate surface area is 102 Å². The molecule has 94 valence electrons. The third-order valence-electron chi connectivity index (χ3n) is 3.12. The van der Waals surface area contributed by atoms with E-state index in [1.807, 2.05) is 6.92 Å². The molecule has 1 aromatic rings. The first-order chi connectivity index (χ1) is 8.10. The highest BCUT2D eigenvalue weighted by Crippen LogP contribution is 2.15. The van der Waals surface area contributed by atoms with Crippen molar-refractivity contribution in [3.8, 4) is 5.75 Å². The van der Waals surface area contributed by atoms with Crippen molar-refractivity contribution in [1.29, 1.82) is 0 Å². The second-order valence-corrected chi connectivity index (χ2v) is 4.21. The molecule has 0 aliphatic rings. The van der Waals surface area contributed by atoms with Crippen molar-refractivity contribution in [3.63, 3.8) is 0 Å². The molecule has 0 saturated heterocycles. The molecule has 0 aliphatic carbocycles. The van der Waals surface area contributed by atoms with Gasteiger partial charge >= 0.3 is 0 Å². The Morgan fingerprint density at radius 3 is 2.65 bits per heavy atom. The van der Waals surface area contributed by atoms with Gasteiger partial charge in [0.25, 0.3) is 5.91 Å². The van der Waals surface area contributed by atoms with Crippen molar-refractivity contribution in [2.45, 2.75) is 39.7 Å². The van der Waals surface area contributed by atoms with Gasteiger partial charge in [0.1, 0.15) is 5.75 Å². The quantitative estimate of drug-likeness (QED) is 0.824. The Morgan fingerprint density at radius 2 is 2.12 bits per heavy atom. The fraction of sp³-hybridized carbons (Fsp3) is 0.538. The van der Waals surface area contributed by atoms with Crippen molar-refractivity contribution in [2.24, 2.45) is 5.92 Å². The van der Waals surface area contributed by atoms with Gasteiger partial charge in [-0.05, 0) is 25.0 Å². The van der Waals surface area contributed by atoms with Crippen LogP contribution in [0.15, 0.2) is 18.3 Å². The van der Waals surface area contributed by atoms with E-state index >= 15 is 0 Å². The lowest BCUT2D eigenvalue weighted by Crippen LogP contribution is -2.38. The van der Waals surface area contributed by atoms with Crippen LogP contribution in [0, 0.1) is 5.92 Å². The smallest absolute Gasteiger partial charge is 0.273 e. The number of hydrogen-bond acceptors (Lipinski definition) is 3. The van der Waals surface area contributed by atoms with Crippen LogP contribution < -0.4 is 5.32 Å². The van der Waals surface area contributed by atoms with Crippen LogP contribution in [0.2, 0.25) is 0 Å². The molecule has 0 radical (unpaired) electrons.